The lowest BCUT2D eigenvalue weighted by molar-refractivity contribution is 0.0697. The van der Waals surface area contributed by atoms with Gasteiger partial charge in [0.1, 0.15) is 4.88 Å². The number of anilines is 1. The van der Waals surface area contributed by atoms with Gasteiger partial charge in [-0.2, -0.15) is 0 Å². The van der Waals surface area contributed by atoms with Crippen molar-refractivity contribution in [2.75, 3.05) is 19.0 Å². The van der Waals surface area contributed by atoms with E-state index < -0.39 is 5.97 Å². The highest BCUT2D eigenvalue weighted by molar-refractivity contribution is 7.17. The van der Waals surface area contributed by atoms with Gasteiger partial charge in [-0.1, -0.05) is 17.4 Å². The summed E-state index contributed by atoms with van der Waals surface area (Å²) in [5.41, 5.74) is 0.446. The molecule has 0 atom stereocenters. The van der Waals surface area contributed by atoms with Crippen molar-refractivity contribution in [1.82, 2.24) is 4.98 Å². The Balaban J connectivity index is 2.87. The first kappa shape index (κ1) is 11.7. The van der Waals surface area contributed by atoms with Crippen LogP contribution in [0.25, 0.3) is 0 Å². The number of carboxylic acids is 1. The van der Waals surface area contributed by atoms with Gasteiger partial charge in [-0.3, -0.25) is 0 Å². The average molecular weight is 228 g/mol. The SMILES string of the molecule is C=CCNc1nc(COC)c(C(=O)O)s1. The minimum atomic E-state index is -0.980. The summed E-state index contributed by atoms with van der Waals surface area (Å²) >= 11 is 1.10. The summed E-state index contributed by atoms with van der Waals surface area (Å²) in [5.74, 6) is -0.980. The molecule has 6 heteroatoms. The Kier molecular flexibility index (Phi) is 4.26. The van der Waals surface area contributed by atoms with Gasteiger partial charge in [0.15, 0.2) is 5.13 Å². The van der Waals surface area contributed by atoms with Crippen LogP contribution in [0.2, 0.25) is 0 Å². The smallest absolute Gasteiger partial charge is 0.347 e. The Bertz CT molecular complexity index is 362. The zero-order chi connectivity index (χ0) is 11.3. The summed E-state index contributed by atoms with van der Waals surface area (Å²) in [7, 11) is 1.50. The van der Waals surface area contributed by atoms with Crippen molar-refractivity contribution in [3.8, 4) is 0 Å². The second kappa shape index (κ2) is 5.47. The molecular formula is C9H12N2O3S. The Hall–Kier alpha value is -1.40. The number of carbonyl (C=O) groups is 1. The van der Waals surface area contributed by atoms with Gasteiger partial charge in [0, 0.05) is 13.7 Å². The van der Waals surface area contributed by atoms with Crippen LogP contribution in [0.4, 0.5) is 5.13 Å². The summed E-state index contributed by atoms with van der Waals surface area (Å²) in [4.78, 5) is 15.2. The maximum Gasteiger partial charge on any atom is 0.347 e. The Morgan fingerprint density at radius 2 is 2.53 bits per heavy atom. The molecule has 0 unspecified atom stereocenters. The van der Waals surface area contributed by atoms with Crippen LogP contribution in [0.3, 0.4) is 0 Å². The Morgan fingerprint density at radius 1 is 1.80 bits per heavy atom. The van der Waals surface area contributed by atoms with Gasteiger partial charge in [0.25, 0.3) is 0 Å². The molecule has 0 aliphatic carbocycles. The van der Waals surface area contributed by atoms with E-state index >= 15 is 0 Å². The molecule has 15 heavy (non-hydrogen) atoms. The Labute approximate surface area is 91.4 Å². The number of hydrogen-bond donors (Lipinski definition) is 2. The number of nitrogens with one attached hydrogen (secondary N) is 1. The van der Waals surface area contributed by atoms with E-state index in [4.69, 9.17) is 9.84 Å². The number of methoxy groups -OCH3 is 1. The highest BCUT2D eigenvalue weighted by Gasteiger charge is 2.16. The summed E-state index contributed by atoms with van der Waals surface area (Å²) < 4.78 is 4.87. The molecule has 0 aromatic carbocycles. The molecule has 0 amide bonds. The van der Waals surface area contributed by atoms with Gasteiger partial charge in [0.2, 0.25) is 0 Å². The molecule has 0 saturated heterocycles. The van der Waals surface area contributed by atoms with Gasteiger partial charge in [-0.15, -0.1) is 6.58 Å². The number of rotatable bonds is 6. The van der Waals surface area contributed by atoms with Crippen LogP contribution in [0.5, 0.6) is 0 Å². The number of aromatic carboxylic acids is 1. The van der Waals surface area contributed by atoms with Crippen molar-refractivity contribution in [1.29, 1.82) is 0 Å². The van der Waals surface area contributed by atoms with Gasteiger partial charge < -0.3 is 15.2 Å². The monoisotopic (exact) mass is 228 g/mol. The van der Waals surface area contributed by atoms with E-state index in [9.17, 15) is 4.79 Å². The number of hydrogen-bond acceptors (Lipinski definition) is 5. The van der Waals surface area contributed by atoms with Crippen molar-refractivity contribution < 1.29 is 14.6 Å². The van der Waals surface area contributed by atoms with E-state index in [2.05, 4.69) is 16.9 Å². The molecule has 0 aliphatic heterocycles. The van der Waals surface area contributed by atoms with Gasteiger partial charge in [-0.05, 0) is 0 Å². The summed E-state index contributed by atoms with van der Waals surface area (Å²) in [6.45, 7) is 4.31. The first-order valence-corrected chi connectivity index (χ1v) is 5.07. The molecule has 0 radical (unpaired) electrons. The highest BCUT2D eigenvalue weighted by atomic mass is 32.1. The van der Waals surface area contributed by atoms with Crippen LogP contribution in [-0.4, -0.2) is 29.7 Å². The van der Waals surface area contributed by atoms with Gasteiger partial charge >= 0.3 is 5.97 Å². The third kappa shape index (κ3) is 3.03. The summed E-state index contributed by atoms with van der Waals surface area (Å²) in [5, 5.41) is 12.4. The van der Waals surface area contributed by atoms with Gasteiger partial charge in [-0.25, -0.2) is 9.78 Å². The molecule has 0 saturated carbocycles. The van der Waals surface area contributed by atoms with E-state index in [0.717, 1.165) is 11.3 Å². The molecule has 1 aromatic rings. The van der Waals surface area contributed by atoms with E-state index in [0.29, 0.717) is 17.4 Å². The normalized spacial score (nSPS) is 9.93. The first-order valence-electron chi connectivity index (χ1n) is 4.25. The van der Waals surface area contributed by atoms with Crippen LogP contribution >= 0.6 is 11.3 Å². The fourth-order valence-corrected chi connectivity index (χ4v) is 1.80. The van der Waals surface area contributed by atoms with Crippen molar-refractivity contribution in [3.63, 3.8) is 0 Å². The maximum atomic E-state index is 10.9. The maximum absolute atomic E-state index is 10.9. The molecule has 2 N–H and O–H groups in total. The fraction of sp³-hybridized carbons (Fsp3) is 0.333. The molecule has 82 valence electrons. The number of aromatic nitrogens is 1. The standard InChI is InChI=1S/C9H12N2O3S/c1-3-4-10-9-11-6(5-14-2)7(15-9)8(12)13/h3H,1,4-5H2,2H3,(H,10,11)(H,12,13). The predicted octanol–water partition coefficient (Wildman–Crippen LogP) is 1.59. The fourth-order valence-electron chi connectivity index (χ4n) is 0.988. The van der Waals surface area contributed by atoms with Crippen LogP contribution in [0.15, 0.2) is 12.7 Å². The molecule has 0 bridgehead atoms. The third-order valence-electron chi connectivity index (χ3n) is 1.57. The quantitative estimate of drug-likeness (QED) is 0.723. The van der Waals surface area contributed by atoms with Crippen molar-refractivity contribution in [2.45, 2.75) is 6.61 Å². The third-order valence-corrected chi connectivity index (χ3v) is 2.61. The van der Waals surface area contributed by atoms with Crippen molar-refractivity contribution in [2.24, 2.45) is 0 Å². The van der Waals surface area contributed by atoms with Crippen molar-refractivity contribution >= 4 is 22.4 Å². The lowest BCUT2D eigenvalue weighted by Crippen LogP contribution is -2.00. The van der Waals surface area contributed by atoms with Crippen LogP contribution in [-0.2, 0) is 11.3 Å². The molecule has 5 nitrogen and oxygen atoms in total. The lowest BCUT2D eigenvalue weighted by Gasteiger charge is -1.95. The molecular weight excluding hydrogens is 216 g/mol. The van der Waals surface area contributed by atoms with Crippen LogP contribution < -0.4 is 5.32 Å². The van der Waals surface area contributed by atoms with E-state index in [1.807, 2.05) is 0 Å². The lowest BCUT2D eigenvalue weighted by atomic mass is 10.4. The second-order valence-corrected chi connectivity index (χ2v) is 3.70. The predicted molar refractivity (Wildman–Crippen MR) is 58.5 cm³/mol. The first-order chi connectivity index (χ1) is 7.19. The average Bonchev–Trinajstić information content (AvgIpc) is 2.59. The molecule has 1 aromatic heterocycles. The number of nitrogens with zero attached hydrogens (tertiary/aromatic N) is 1. The highest BCUT2D eigenvalue weighted by Crippen LogP contribution is 2.23. The number of carboxylic acid groups (broad SMARTS) is 1. The molecule has 1 heterocycles. The second-order valence-electron chi connectivity index (χ2n) is 2.70. The zero-order valence-corrected chi connectivity index (χ0v) is 9.13. The minimum absolute atomic E-state index is 0.202. The molecule has 0 aliphatic rings. The van der Waals surface area contributed by atoms with Crippen LogP contribution in [0, 0.1) is 0 Å². The van der Waals surface area contributed by atoms with Crippen LogP contribution in [0.1, 0.15) is 15.4 Å². The minimum Gasteiger partial charge on any atom is -0.477 e. The number of ether oxygens (including phenoxy) is 1. The largest absolute Gasteiger partial charge is 0.477 e. The van der Waals surface area contributed by atoms with Gasteiger partial charge in [0.05, 0.1) is 12.3 Å². The molecule has 1 rings (SSSR count). The topological polar surface area (TPSA) is 71.5 Å². The van der Waals surface area contributed by atoms with E-state index in [1.54, 1.807) is 6.08 Å². The van der Waals surface area contributed by atoms with E-state index in [1.165, 1.54) is 7.11 Å². The number of thiazole rings is 1. The molecule has 0 fully saturated rings. The molecule has 0 spiro atoms. The van der Waals surface area contributed by atoms with E-state index in [-0.39, 0.29) is 11.5 Å². The summed E-state index contributed by atoms with van der Waals surface area (Å²) in [6, 6.07) is 0. The Morgan fingerprint density at radius 3 is 3.07 bits per heavy atom. The zero-order valence-electron chi connectivity index (χ0n) is 8.32. The summed E-state index contributed by atoms with van der Waals surface area (Å²) in [6.07, 6.45) is 1.68. The van der Waals surface area contributed by atoms with Crippen molar-refractivity contribution in [3.05, 3.63) is 23.2 Å².